The number of ether oxygens (including phenoxy) is 2. The number of anilines is 1. The topological polar surface area (TPSA) is 76.9 Å². The van der Waals surface area contributed by atoms with Crippen LogP contribution < -0.4 is 20.2 Å². The Labute approximate surface area is 186 Å². The van der Waals surface area contributed by atoms with Crippen LogP contribution in [0.3, 0.4) is 0 Å². The minimum Gasteiger partial charge on any atom is -0.493 e. The van der Waals surface area contributed by atoms with Gasteiger partial charge < -0.3 is 19.4 Å². The van der Waals surface area contributed by atoms with Crippen LogP contribution in [0.2, 0.25) is 0 Å². The number of fused-ring (bicyclic) bond motifs is 1. The highest BCUT2D eigenvalue weighted by atomic mass is 16.5. The van der Waals surface area contributed by atoms with E-state index in [1.54, 1.807) is 13.3 Å². The number of nitrogens with zero attached hydrogens (tertiary/aromatic N) is 2. The summed E-state index contributed by atoms with van der Waals surface area (Å²) in [6.45, 7) is 1.13. The number of benzene rings is 3. The monoisotopic (exact) mass is 428 g/mol. The molecule has 2 amide bonds. The van der Waals surface area contributed by atoms with Crippen molar-refractivity contribution in [1.82, 2.24) is 9.99 Å². The van der Waals surface area contributed by atoms with Crippen LogP contribution in [0.15, 0.2) is 90.2 Å². The molecule has 4 rings (SSSR count). The fourth-order valence-corrected chi connectivity index (χ4v) is 3.40. The number of nitrogens with one attached hydrogen (secondary N) is 2. The van der Waals surface area contributed by atoms with Crippen LogP contribution >= 0.6 is 0 Å². The summed E-state index contributed by atoms with van der Waals surface area (Å²) < 4.78 is 13.4. The van der Waals surface area contributed by atoms with Gasteiger partial charge in [-0.2, -0.15) is 5.10 Å². The van der Waals surface area contributed by atoms with E-state index >= 15 is 0 Å². The Kier molecular flexibility index (Phi) is 6.67. The lowest BCUT2D eigenvalue weighted by atomic mass is 10.2. The average molecular weight is 428 g/mol. The molecule has 0 saturated heterocycles. The summed E-state index contributed by atoms with van der Waals surface area (Å²) in [7, 11) is 1.63. The SMILES string of the molecule is COc1ccccc1OCCn1cc(/C=N\NC(=O)Nc2ccccc2)c2ccccc21. The second-order valence-corrected chi connectivity index (χ2v) is 6.98. The van der Waals surface area contributed by atoms with Crippen LogP contribution in [-0.4, -0.2) is 30.5 Å². The molecule has 0 saturated carbocycles. The number of carbonyl (C=O) groups excluding carboxylic acids is 1. The van der Waals surface area contributed by atoms with Crippen molar-refractivity contribution in [2.75, 3.05) is 19.0 Å². The largest absolute Gasteiger partial charge is 0.493 e. The molecule has 1 aromatic heterocycles. The number of amides is 2. The maximum absolute atomic E-state index is 12.0. The molecule has 3 aromatic carbocycles. The van der Waals surface area contributed by atoms with Crippen molar-refractivity contribution < 1.29 is 14.3 Å². The minimum atomic E-state index is -0.401. The normalized spacial score (nSPS) is 10.9. The Morgan fingerprint density at radius 3 is 2.50 bits per heavy atom. The summed E-state index contributed by atoms with van der Waals surface area (Å²) in [6.07, 6.45) is 3.64. The fraction of sp³-hybridized carbons (Fsp3) is 0.120. The molecule has 0 aliphatic carbocycles. The highest BCUT2D eigenvalue weighted by Gasteiger charge is 2.08. The lowest BCUT2D eigenvalue weighted by molar-refractivity contribution is 0.252. The van der Waals surface area contributed by atoms with Crippen molar-refractivity contribution in [3.8, 4) is 11.5 Å². The number of hydrogen-bond donors (Lipinski definition) is 2. The third-order valence-corrected chi connectivity index (χ3v) is 4.88. The molecular formula is C25H24N4O3. The summed E-state index contributed by atoms with van der Waals surface area (Å²) in [4.78, 5) is 12.0. The summed E-state index contributed by atoms with van der Waals surface area (Å²) in [5, 5.41) is 7.87. The van der Waals surface area contributed by atoms with Crippen LogP contribution in [0.5, 0.6) is 11.5 Å². The first-order chi connectivity index (χ1) is 15.7. The maximum Gasteiger partial charge on any atom is 0.339 e. The summed E-state index contributed by atoms with van der Waals surface area (Å²) in [5.41, 5.74) is 5.17. The fourth-order valence-electron chi connectivity index (χ4n) is 3.40. The zero-order valence-corrected chi connectivity index (χ0v) is 17.7. The smallest absolute Gasteiger partial charge is 0.339 e. The number of urea groups is 1. The van der Waals surface area contributed by atoms with Gasteiger partial charge in [0, 0.05) is 28.4 Å². The number of rotatable bonds is 8. The number of methoxy groups -OCH3 is 1. The van der Waals surface area contributed by atoms with Gasteiger partial charge in [0.05, 0.1) is 19.9 Å². The highest BCUT2D eigenvalue weighted by Crippen LogP contribution is 2.26. The molecule has 2 N–H and O–H groups in total. The summed E-state index contributed by atoms with van der Waals surface area (Å²) in [5.74, 6) is 1.42. The van der Waals surface area contributed by atoms with E-state index in [2.05, 4.69) is 20.4 Å². The molecule has 0 bridgehead atoms. The lowest BCUT2D eigenvalue weighted by Crippen LogP contribution is -2.24. The molecule has 0 aliphatic heterocycles. The van der Waals surface area contributed by atoms with E-state index in [-0.39, 0.29) is 0 Å². The number of carbonyl (C=O) groups is 1. The molecular weight excluding hydrogens is 404 g/mol. The standard InChI is InChI=1S/C25H24N4O3/c1-31-23-13-7-8-14-24(23)32-16-15-29-18-19(21-11-5-6-12-22(21)29)17-26-28-25(30)27-20-9-3-2-4-10-20/h2-14,17-18H,15-16H2,1H3,(H2,27,28,30)/b26-17-. The predicted octanol–water partition coefficient (Wildman–Crippen LogP) is 4.88. The molecule has 0 unspecified atom stereocenters. The molecule has 162 valence electrons. The molecule has 32 heavy (non-hydrogen) atoms. The first-order valence-electron chi connectivity index (χ1n) is 10.2. The van der Waals surface area contributed by atoms with Crippen LogP contribution in [0.1, 0.15) is 5.56 Å². The van der Waals surface area contributed by atoms with E-state index in [0.29, 0.717) is 30.3 Å². The van der Waals surface area contributed by atoms with Crippen molar-refractivity contribution in [2.45, 2.75) is 6.54 Å². The maximum atomic E-state index is 12.0. The van der Waals surface area contributed by atoms with Gasteiger partial charge in [-0.25, -0.2) is 10.2 Å². The molecule has 7 nitrogen and oxygen atoms in total. The predicted molar refractivity (Wildman–Crippen MR) is 127 cm³/mol. The first kappa shape index (κ1) is 21.0. The van der Waals surface area contributed by atoms with Gasteiger partial charge in [-0.15, -0.1) is 0 Å². The van der Waals surface area contributed by atoms with E-state index in [4.69, 9.17) is 9.47 Å². The Bertz CT molecular complexity index is 1220. The van der Waals surface area contributed by atoms with Crippen LogP contribution in [0, 0.1) is 0 Å². The van der Waals surface area contributed by atoms with E-state index in [1.165, 1.54) is 0 Å². The van der Waals surface area contributed by atoms with Crippen molar-refractivity contribution in [2.24, 2.45) is 5.10 Å². The van der Waals surface area contributed by atoms with E-state index in [0.717, 1.165) is 16.5 Å². The second-order valence-electron chi connectivity index (χ2n) is 6.98. The molecule has 4 aromatic rings. The number of hydrogen-bond acceptors (Lipinski definition) is 4. The molecule has 0 aliphatic rings. The van der Waals surface area contributed by atoms with Gasteiger partial charge in [-0.05, 0) is 30.3 Å². The van der Waals surface area contributed by atoms with Gasteiger partial charge in [0.2, 0.25) is 0 Å². The number of hydrazone groups is 1. The van der Waals surface area contributed by atoms with E-state index < -0.39 is 6.03 Å². The zero-order chi connectivity index (χ0) is 22.2. The van der Waals surface area contributed by atoms with E-state index in [9.17, 15) is 4.79 Å². The molecule has 1 heterocycles. The zero-order valence-electron chi connectivity index (χ0n) is 17.7. The first-order valence-corrected chi connectivity index (χ1v) is 10.2. The Hall–Kier alpha value is -4.26. The Balaban J connectivity index is 1.42. The Morgan fingerprint density at radius 2 is 1.69 bits per heavy atom. The quantitative estimate of drug-likeness (QED) is 0.310. The molecule has 0 atom stereocenters. The van der Waals surface area contributed by atoms with Gasteiger partial charge in [0.25, 0.3) is 0 Å². The average Bonchev–Trinajstić information content (AvgIpc) is 3.18. The Morgan fingerprint density at radius 1 is 0.969 bits per heavy atom. The minimum absolute atomic E-state index is 0.401. The molecule has 0 spiro atoms. The number of para-hydroxylation sites is 4. The van der Waals surface area contributed by atoms with Crippen molar-refractivity contribution in [3.05, 3.63) is 90.6 Å². The van der Waals surface area contributed by atoms with Crippen molar-refractivity contribution in [1.29, 1.82) is 0 Å². The van der Waals surface area contributed by atoms with Crippen molar-refractivity contribution in [3.63, 3.8) is 0 Å². The molecule has 7 heteroatoms. The van der Waals surface area contributed by atoms with Crippen LogP contribution in [-0.2, 0) is 6.54 Å². The third kappa shape index (κ3) is 5.07. The molecule has 0 radical (unpaired) electrons. The summed E-state index contributed by atoms with van der Waals surface area (Å²) in [6, 6.07) is 24.4. The van der Waals surface area contributed by atoms with Gasteiger partial charge in [-0.1, -0.05) is 48.5 Å². The summed E-state index contributed by atoms with van der Waals surface area (Å²) >= 11 is 0. The number of aromatic nitrogens is 1. The highest BCUT2D eigenvalue weighted by molar-refractivity contribution is 6.00. The third-order valence-electron chi connectivity index (χ3n) is 4.88. The lowest BCUT2D eigenvalue weighted by Gasteiger charge is -2.11. The van der Waals surface area contributed by atoms with Crippen LogP contribution in [0.4, 0.5) is 10.5 Å². The van der Waals surface area contributed by atoms with Gasteiger partial charge in [0.15, 0.2) is 11.5 Å². The van der Waals surface area contributed by atoms with E-state index in [1.807, 2.05) is 85.1 Å². The van der Waals surface area contributed by atoms with Crippen LogP contribution in [0.25, 0.3) is 10.9 Å². The van der Waals surface area contributed by atoms with Crippen molar-refractivity contribution >= 4 is 28.8 Å². The second kappa shape index (κ2) is 10.2. The van der Waals surface area contributed by atoms with Gasteiger partial charge in [-0.3, -0.25) is 0 Å². The molecule has 0 fully saturated rings. The van der Waals surface area contributed by atoms with Gasteiger partial charge >= 0.3 is 6.03 Å². The van der Waals surface area contributed by atoms with Gasteiger partial charge in [0.1, 0.15) is 6.61 Å².